The largest absolute Gasteiger partial charge is 0.494 e. The van der Waals surface area contributed by atoms with Gasteiger partial charge in [-0.2, -0.15) is 5.10 Å². The van der Waals surface area contributed by atoms with E-state index >= 15 is 0 Å². The number of nitrogens with zero attached hydrogens (tertiary/aromatic N) is 3. The van der Waals surface area contributed by atoms with E-state index in [-0.39, 0.29) is 11.2 Å². The highest BCUT2D eigenvalue weighted by Crippen LogP contribution is 2.31. The van der Waals surface area contributed by atoms with Gasteiger partial charge in [0.25, 0.3) is 0 Å². The molecule has 1 unspecified atom stereocenters. The van der Waals surface area contributed by atoms with E-state index in [0.717, 1.165) is 16.9 Å². The minimum Gasteiger partial charge on any atom is -0.494 e. The monoisotopic (exact) mass is 453 g/mol. The third-order valence-electron chi connectivity index (χ3n) is 4.74. The number of thioether (sulfide) groups is 1. The van der Waals surface area contributed by atoms with Gasteiger partial charge in [-0.15, -0.1) is 11.7 Å². The van der Waals surface area contributed by atoms with Crippen molar-refractivity contribution in [3.63, 3.8) is 0 Å². The maximum atomic E-state index is 12.9. The van der Waals surface area contributed by atoms with Crippen molar-refractivity contribution in [2.24, 2.45) is 10.2 Å². The molecule has 1 atom stereocenters. The van der Waals surface area contributed by atoms with Gasteiger partial charge in [-0.05, 0) is 54.8 Å². The van der Waals surface area contributed by atoms with Crippen molar-refractivity contribution in [2.75, 3.05) is 27.4 Å². The molecule has 3 rings (SSSR count). The van der Waals surface area contributed by atoms with Crippen LogP contribution in [0.4, 0.5) is 0 Å². The Morgan fingerprint density at radius 2 is 1.88 bits per heavy atom. The number of carbonyl (C=O) groups excluding carboxylic acids is 1. The molecule has 1 aliphatic rings. The van der Waals surface area contributed by atoms with Crippen LogP contribution in [0.5, 0.6) is 17.2 Å². The van der Waals surface area contributed by atoms with Crippen molar-refractivity contribution >= 4 is 29.1 Å². The molecule has 2 aromatic rings. The van der Waals surface area contributed by atoms with E-state index in [0.29, 0.717) is 36.2 Å². The predicted molar refractivity (Wildman–Crippen MR) is 129 cm³/mol. The van der Waals surface area contributed by atoms with Crippen molar-refractivity contribution in [2.45, 2.75) is 18.6 Å². The van der Waals surface area contributed by atoms with Crippen LogP contribution in [0.15, 0.2) is 65.3 Å². The van der Waals surface area contributed by atoms with E-state index in [2.05, 4.69) is 16.8 Å². The number of amides is 1. The zero-order valence-corrected chi connectivity index (χ0v) is 19.3. The molecule has 7 nitrogen and oxygen atoms in total. The quantitative estimate of drug-likeness (QED) is 0.307. The fourth-order valence-electron chi connectivity index (χ4n) is 3.19. The SMILES string of the molecule is C=CCN1C(=O)C(Cc2ccc(OCC)cc2)S/C1=N/N=C/c1ccc(OC)c(OC)c1. The Morgan fingerprint density at radius 1 is 1.12 bits per heavy atom. The van der Waals surface area contributed by atoms with Gasteiger partial charge in [-0.3, -0.25) is 9.69 Å². The molecule has 1 fully saturated rings. The van der Waals surface area contributed by atoms with E-state index < -0.39 is 0 Å². The van der Waals surface area contributed by atoms with Gasteiger partial charge in [0, 0.05) is 6.54 Å². The first-order chi connectivity index (χ1) is 15.6. The van der Waals surface area contributed by atoms with E-state index in [4.69, 9.17) is 14.2 Å². The van der Waals surface area contributed by atoms with Crippen LogP contribution in [-0.2, 0) is 11.2 Å². The van der Waals surface area contributed by atoms with Crippen molar-refractivity contribution in [3.8, 4) is 17.2 Å². The minimum atomic E-state index is -0.261. The smallest absolute Gasteiger partial charge is 0.242 e. The van der Waals surface area contributed by atoms with E-state index in [1.54, 1.807) is 37.5 Å². The maximum absolute atomic E-state index is 12.9. The fraction of sp³-hybridized carbons (Fsp3) is 0.292. The third kappa shape index (κ3) is 5.70. The molecule has 168 valence electrons. The Bertz CT molecular complexity index is 1000. The van der Waals surface area contributed by atoms with Gasteiger partial charge < -0.3 is 14.2 Å². The Hall–Kier alpha value is -3.26. The van der Waals surface area contributed by atoms with Crippen molar-refractivity contribution in [3.05, 3.63) is 66.2 Å². The number of amidine groups is 1. The normalized spacial score (nSPS) is 17.2. The summed E-state index contributed by atoms with van der Waals surface area (Å²) in [5.74, 6) is 2.07. The topological polar surface area (TPSA) is 72.7 Å². The first-order valence-electron chi connectivity index (χ1n) is 10.2. The van der Waals surface area contributed by atoms with Crippen LogP contribution in [0, 0.1) is 0 Å². The van der Waals surface area contributed by atoms with E-state index in [1.165, 1.54) is 11.8 Å². The van der Waals surface area contributed by atoms with Crippen LogP contribution in [0.25, 0.3) is 0 Å². The lowest BCUT2D eigenvalue weighted by molar-refractivity contribution is -0.125. The van der Waals surface area contributed by atoms with Crippen LogP contribution < -0.4 is 14.2 Å². The summed E-state index contributed by atoms with van der Waals surface area (Å²) in [6.45, 7) is 6.71. The molecule has 0 aromatic heterocycles. The molecule has 0 aliphatic carbocycles. The standard InChI is InChI=1S/C24H27N3O4S/c1-5-13-27-23(28)22(15-17-7-10-19(11-8-17)31-6-2)32-24(27)26-25-16-18-9-12-20(29-3)21(14-18)30-4/h5,7-12,14,16,22H,1,6,13,15H2,2-4H3/b25-16+,26-24+. The first-order valence-corrected chi connectivity index (χ1v) is 11.1. The second-order valence-electron chi connectivity index (χ2n) is 6.87. The van der Waals surface area contributed by atoms with Gasteiger partial charge in [-0.25, -0.2) is 0 Å². The number of benzene rings is 2. The first kappa shape index (κ1) is 23.4. The highest BCUT2D eigenvalue weighted by Gasteiger charge is 2.37. The van der Waals surface area contributed by atoms with Gasteiger partial charge in [-0.1, -0.05) is 30.0 Å². The summed E-state index contributed by atoms with van der Waals surface area (Å²) in [5, 5.41) is 8.80. The van der Waals surface area contributed by atoms with E-state index in [1.807, 2.05) is 43.3 Å². The summed E-state index contributed by atoms with van der Waals surface area (Å²) < 4.78 is 16.0. The van der Waals surface area contributed by atoms with Crippen LogP contribution >= 0.6 is 11.8 Å². The highest BCUT2D eigenvalue weighted by atomic mass is 32.2. The lowest BCUT2D eigenvalue weighted by Crippen LogP contribution is -2.32. The van der Waals surface area contributed by atoms with E-state index in [9.17, 15) is 4.79 Å². The van der Waals surface area contributed by atoms with Crippen LogP contribution in [0.3, 0.4) is 0 Å². The molecule has 8 heteroatoms. The van der Waals surface area contributed by atoms with Crippen LogP contribution in [0.1, 0.15) is 18.1 Å². The van der Waals surface area contributed by atoms with Crippen molar-refractivity contribution in [1.29, 1.82) is 0 Å². The zero-order valence-electron chi connectivity index (χ0n) is 18.5. The van der Waals surface area contributed by atoms with Gasteiger partial charge in [0.2, 0.25) is 5.91 Å². The average molecular weight is 454 g/mol. The summed E-state index contributed by atoms with van der Waals surface area (Å²) in [5.41, 5.74) is 1.87. The minimum absolute atomic E-state index is 0.00357. The summed E-state index contributed by atoms with van der Waals surface area (Å²) >= 11 is 1.41. The fourth-order valence-corrected chi connectivity index (χ4v) is 4.34. The van der Waals surface area contributed by atoms with Gasteiger partial charge in [0.05, 0.1) is 32.3 Å². The molecule has 0 radical (unpaired) electrons. The van der Waals surface area contributed by atoms with Crippen molar-refractivity contribution < 1.29 is 19.0 Å². The molecule has 32 heavy (non-hydrogen) atoms. The number of hydrogen-bond donors (Lipinski definition) is 0. The number of hydrogen-bond acceptors (Lipinski definition) is 7. The van der Waals surface area contributed by atoms with Crippen molar-refractivity contribution in [1.82, 2.24) is 4.90 Å². The Labute approximate surface area is 192 Å². The summed E-state index contributed by atoms with van der Waals surface area (Å²) in [6.07, 6.45) is 3.90. The Morgan fingerprint density at radius 3 is 2.53 bits per heavy atom. The predicted octanol–water partition coefficient (Wildman–Crippen LogP) is 4.17. The van der Waals surface area contributed by atoms with Crippen LogP contribution in [-0.4, -0.2) is 54.8 Å². The summed E-state index contributed by atoms with van der Waals surface area (Å²) in [4.78, 5) is 14.6. The second kappa shape index (κ2) is 11.4. The molecule has 1 heterocycles. The lowest BCUT2D eigenvalue weighted by atomic mass is 10.1. The summed E-state index contributed by atoms with van der Waals surface area (Å²) in [6, 6.07) is 13.3. The molecule has 0 bridgehead atoms. The summed E-state index contributed by atoms with van der Waals surface area (Å²) in [7, 11) is 3.17. The third-order valence-corrected chi connectivity index (χ3v) is 5.91. The number of ether oxygens (including phenoxy) is 3. The highest BCUT2D eigenvalue weighted by molar-refractivity contribution is 8.15. The number of carbonyl (C=O) groups is 1. The van der Waals surface area contributed by atoms with Gasteiger partial charge >= 0.3 is 0 Å². The maximum Gasteiger partial charge on any atom is 0.242 e. The molecule has 0 spiro atoms. The molecule has 0 N–H and O–H groups in total. The van der Waals surface area contributed by atoms with Gasteiger partial charge in [0.15, 0.2) is 16.7 Å². The lowest BCUT2D eigenvalue weighted by Gasteiger charge is -2.13. The number of methoxy groups -OCH3 is 2. The molecule has 2 aromatic carbocycles. The van der Waals surface area contributed by atoms with Crippen LogP contribution in [0.2, 0.25) is 0 Å². The molecule has 1 aliphatic heterocycles. The average Bonchev–Trinajstić information content (AvgIpc) is 3.09. The molecular weight excluding hydrogens is 426 g/mol. The molecule has 1 amide bonds. The number of rotatable bonds is 10. The molecule has 0 saturated carbocycles. The zero-order chi connectivity index (χ0) is 22.9. The molecule has 1 saturated heterocycles. The Kier molecular flexibility index (Phi) is 8.33. The Balaban J connectivity index is 1.73. The molecular formula is C24H27N3O4S. The van der Waals surface area contributed by atoms with Gasteiger partial charge in [0.1, 0.15) is 5.75 Å². The second-order valence-corrected chi connectivity index (χ2v) is 8.04.